The van der Waals surface area contributed by atoms with Gasteiger partial charge in [0.2, 0.25) is 0 Å². The Kier molecular flexibility index (Phi) is 3.92. The fourth-order valence-corrected chi connectivity index (χ4v) is 3.02. The van der Waals surface area contributed by atoms with Gasteiger partial charge in [0, 0.05) is 11.5 Å². The van der Waals surface area contributed by atoms with E-state index in [-0.39, 0.29) is 33.2 Å². The van der Waals surface area contributed by atoms with Gasteiger partial charge in [-0.1, -0.05) is 24.3 Å². The van der Waals surface area contributed by atoms with Crippen LogP contribution in [0.1, 0.15) is 0 Å². The molecule has 3 aromatic rings. The van der Waals surface area contributed by atoms with Gasteiger partial charge in [-0.25, -0.2) is 0 Å². The molecule has 0 spiro atoms. The molecular weight excluding hydrogens is 332 g/mol. The first-order valence-electron chi connectivity index (χ1n) is 6.79. The summed E-state index contributed by atoms with van der Waals surface area (Å²) >= 11 is 0. The van der Waals surface area contributed by atoms with E-state index in [9.17, 15) is 23.2 Å². The number of hydrogen-bond acceptors (Lipinski definition) is 6. The molecule has 0 radical (unpaired) electrons. The summed E-state index contributed by atoms with van der Waals surface area (Å²) in [5.41, 5.74) is 0.322. The Bertz CT molecular complexity index is 1060. The fourth-order valence-electron chi connectivity index (χ4n) is 2.29. The average molecular weight is 344 g/mol. The number of hydrogen-bond donors (Lipinski definition) is 3. The first-order chi connectivity index (χ1) is 11.4. The quantitative estimate of drug-likeness (QED) is 0.491. The van der Waals surface area contributed by atoms with Crippen molar-refractivity contribution in [2.24, 2.45) is 10.2 Å². The zero-order valence-electron chi connectivity index (χ0n) is 12.2. The van der Waals surface area contributed by atoms with E-state index in [0.717, 1.165) is 6.07 Å². The molecule has 0 saturated carbocycles. The van der Waals surface area contributed by atoms with Crippen LogP contribution < -0.4 is 0 Å². The minimum Gasteiger partial charge on any atom is -0.508 e. The second-order valence-corrected chi connectivity index (χ2v) is 6.37. The predicted octanol–water partition coefficient (Wildman–Crippen LogP) is 3.91. The van der Waals surface area contributed by atoms with Gasteiger partial charge in [-0.3, -0.25) is 4.55 Å². The highest BCUT2D eigenvalue weighted by Crippen LogP contribution is 2.35. The van der Waals surface area contributed by atoms with Gasteiger partial charge in [-0.05, 0) is 29.7 Å². The molecule has 7 nitrogen and oxygen atoms in total. The molecule has 122 valence electrons. The van der Waals surface area contributed by atoms with Gasteiger partial charge in [-0.15, -0.1) is 10.2 Å². The van der Waals surface area contributed by atoms with Gasteiger partial charge in [0.15, 0.2) is 0 Å². The first-order valence-corrected chi connectivity index (χ1v) is 8.23. The van der Waals surface area contributed by atoms with E-state index in [2.05, 4.69) is 10.2 Å². The van der Waals surface area contributed by atoms with E-state index >= 15 is 0 Å². The van der Waals surface area contributed by atoms with Crippen LogP contribution in [0.4, 0.5) is 11.4 Å². The van der Waals surface area contributed by atoms with Crippen molar-refractivity contribution in [1.82, 2.24) is 0 Å². The molecule has 0 aromatic heterocycles. The summed E-state index contributed by atoms with van der Waals surface area (Å²) in [4.78, 5) is -0.274. The molecule has 3 aromatic carbocycles. The van der Waals surface area contributed by atoms with E-state index in [0.29, 0.717) is 5.39 Å². The summed E-state index contributed by atoms with van der Waals surface area (Å²) < 4.78 is 32.6. The molecule has 0 bridgehead atoms. The number of azo groups is 1. The third-order valence-corrected chi connectivity index (χ3v) is 4.24. The number of phenols is 2. The highest BCUT2D eigenvalue weighted by atomic mass is 32.2. The van der Waals surface area contributed by atoms with Crippen molar-refractivity contribution >= 4 is 32.3 Å². The lowest BCUT2D eigenvalue weighted by atomic mass is 10.1. The van der Waals surface area contributed by atoms with Crippen molar-refractivity contribution < 1.29 is 23.2 Å². The zero-order valence-corrected chi connectivity index (χ0v) is 13.0. The molecule has 3 N–H and O–H groups in total. The van der Waals surface area contributed by atoms with Crippen LogP contribution in [0.15, 0.2) is 69.7 Å². The molecule has 0 aliphatic rings. The minimum atomic E-state index is -4.43. The van der Waals surface area contributed by atoms with Crippen molar-refractivity contribution in [3.05, 3.63) is 54.6 Å². The Hall–Kier alpha value is -2.97. The second-order valence-electron chi connectivity index (χ2n) is 4.98. The largest absolute Gasteiger partial charge is 0.508 e. The summed E-state index contributed by atoms with van der Waals surface area (Å²) in [5.74, 6) is -0.390. The van der Waals surface area contributed by atoms with E-state index in [4.69, 9.17) is 0 Å². The Balaban J connectivity index is 2.18. The molecule has 24 heavy (non-hydrogen) atoms. The van der Waals surface area contributed by atoms with E-state index in [1.54, 1.807) is 18.2 Å². The first kappa shape index (κ1) is 15.9. The number of rotatable bonds is 3. The highest BCUT2D eigenvalue weighted by molar-refractivity contribution is 7.86. The Labute approximate surface area is 137 Å². The van der Waals surface area contributed by atoms with Crippen molar-refractivity contribution in [3.63, 3.8) is 0 Å². The highest BCUT2D eigenvalue weighted by Gasteiger charge is 2.16. The average Bonchev–Trinajstić information content (AvgIpc) is 2.52. The zero-order chi connectivity index (χ0) is 17.3. The van der Waals surface area contributed by atoms with Gasteiger partial charge >= 0.3 is 0 Å². The lowest BCUT2D eigenvalue weighted by Gasteiger charge is -2.06. The second kappa shape index (κ2) is 5.91. The molecule has 0 fully saturated rings. The van der Waals surface area contributed by atoms with Gasteiger partial charge in [0.1, 0.15) is 22.1 Å². The van der Waals surface area contributed by atoms with Crippen LogP contribution >= 0.6 is 0 Å². The molecule has 0 heterocycles. The SMILES string of the molecule is O=S(=O)(O)c1cccc2cccc(N=Nc3ccc(O)cc3O)c12. The maximum absolute atomic E-state index is 11.6. The molecule has 0 unspecified atom stereocenters. The van der Waals surface area contributed by atoms with E-state index in [1.807, 2.05) is 0 Å². The standard InChI is InChI=1S/C16H12N2O5S/c19-11-7-8-12(14(20)9-11)17-18-13-5-1-3-10-4-2-6-15(16(10)13)24(21,22)23/h1-9,19-20H,(H,21,22,23). The molecule has 0 aliphatic carbocycles. The Morgan fingerprint density at radius 1 is 0.833 bits per heavy atom. The summed E-state index contributed by atoms with van der Waals surface area (Å²) in [6, 6.07) is 13.2. The number of aromatic hydroxyl groups is 2. The predicted molar refractivity (Wildman–Crippen MR) is 87.7 cm³/mol. The minimum absolute atomic E-state index is 0.106. The van der Waals surface area contributed by atoms with Crippen molar-refractivity contribution in [2.75, 3.05) is 0 Å². The van der Waals surface area contributed by atoms with Crippen LogP contribution in [0.5, 0.6) is 11.5 Å². The van der Waals surface area contributed by atoms with Crippen LogP contribution in [0, 0.1) is 0 Å². The lowest BCUT2D eigenvalue weighted by Crippen LogP contribution is -1.98. The number of benzene rings is 3. The molecule has 0 aliphatic heterocycles. The molecule has 8 heteroatoms. The van der Waals surface area contributed by atoms with Crippen LogP contribution in [0.3, 0.4) is 0 Å². The maximum Gasteiger partial charge on any atom is 0.295 e. The summed E-state index contributed by atoms with van der Waals surface area (Å²) in [5, 5.41) is 27.6. The van der Waals surface area contributed by atoms with Gasteiger partial charge in [0.25, 0.3) is 10.1 Å². The normalized spacial score (nSPS) is 12.0. The van der Waals surface area contributed by atoms with Crippen molar-refractivity contribution in [1.29, 1.82) is 0 Å². The third kappa shape index (κ3) is 3.05. The summed E-state index contributed by atoms with van der Waals surface area (Å²) in [6.45, 7) is 0. The maximum atomic E-state index is 11.6. The van der Waals surface area contributed by atoms with E-state index in [1.165, 1.54) is 30.3 Å². The Morgan fingerprint density at radius 2 is 1.50 bits per heavy atom. The third-order valence-electron chi connectivity index (χ3n) is 3.35. The Morgan fingerprint density at radius 3 is 2.17 bits per heavy atom. The van der Waals surface area contributed by atoms with Gasteiger partial charge in [0.05, 0.1) is 5.69 Å². The van der Waals surface area contributed by atoms with Crippen molar-refractivity contribution in [2.45, 2.75) is 4.90 Å². The van der Waals surface area contributed by atoms with Crippen LogP contribution in [0.25, 0.3) is 10.8 Å². The molecular formula is C16H12N2O5S. The smallest absolute Gasteiger partial charge is 0.295 e. The van der Waals surface area contributed by atoms with Crippen LogP contribution in [0.2, 0.25) is 0 Å². The topological polar surface area (TPSA) is 120 Å². The van der Waals surface area contributed by atoms with E-state index < -0.39 is 10.1 Å². The molecule has 3 rings (SSSR count). The van der Waals surface area contributed by atoms with Gasteiger partial charge in [-0.2, -0.15) is 8.42 Å². The monoisotopic (exact) mass is 344 g/mol. The summed E-state index contributed by atoms with van der Waals surface area (Å²) in [7, 11) is -4.43. The number of nitrogens with zero attached hydrogens (tertiary/aromatic N) is 2. The number of phenolic OH excluding ortho intramolecular Hbond substituents is 2. The van der Waals surface area contributed by atoms with Crippen LogP contribution in [-0.2, 0) is 10.1 Å². The molecule has 0 saturated heterocycles. The summed E-state index contributed by atoms with van der Waals surface area (Å²) in [6.07, 6.45) is 0. The number of fused-ring (bicyclic) bond motifs is 1. The van der Waals surface area contributed by atoms with Crippen LogP contribution in [-0.4, -0.2) is 23.2 Å². The fraction of sp³-hybridized carbons (Fsp3) is 0. The molecule has 0 atom stereocenters. The lowest BCUT2D eigenvalue weighted by molar-refractivity contribution is 0.451. The van der Waals surface area contributed by atoms with Gasteiger partial charge < -0.3 is 10.2 Å². The molecule has 0 amide bonds. The van der Waals surface area contributed by atoms with Crippen molar-refractivity contribution in [3.8, 4) is 11.5 Å².